The van der Waals surface area contributed by atoms with Gasteiger partial charge in [0.15, 0.2) is 0 Å². The van der Waals surface area contributed by atoms with E-state index in [4.69, 9.17) is 4.74 Å². The number of urea groups is 1. The van der Waals surface area contributed by atoms with E-state index in [0.717, 1.165) is 11.3 Å². The molecule has 104 valence electrons. The van der Waals surface area contributed by atoms with Crippen molar-refractivity contribution >= 4 is 11.7 Å². The Morgan fingerprint density at radius 2 is 1.95 bits per heavy atom. The normalized spacial score (nSPS) is 17.8. The number of carbonyl (C=O) groups excluding carboxylic acids is 1. The number of nitrogens with one attached hydrogen (secondary N) is 2. The second-order valence-electron chi connectivity index (χ2n) is 5.01. The van der Waals surface area contributed by atoms with Crippen LogP contribution in [0.15, 0.2) is 24.3 Å². The van der Waals surface area contributed by atoms with Gasteiger partial charge >= 0.3 is 6.03 Å². The molecule has 5 heteroatoms. The fourth-order valence-corrected chi connectivity index (χ4v) is 1.99. The number of ether oxygens (including phenoxy) is 1. The molecule has 0 bridgehead atoms. The summed E-state index contributed by atoms with van der Waals surface area (Å²) in [6.07, 6.45) is 1.11. The van der Waals surface area contributed by atoms with E-state index in [0.29, 0.717) is 26.1 Å². The molecule has 0 aliphatic carbocycles. The molecule has 1 aromatic rings. The van der Waals surface area contributed by atoms with Gasteiger partial charge in [-0.05, 0) is 19.1 Å². The molecule has 3 N–H and O–H groups in total. The summed E-state index contributed by atoms with van der Waals surface area (Å²) in [5.41, 5.74) is 1.03. The zero-order valence-electron chi connectivity index (χ0n) is 11.1. The van der Waals surface area contributed by atoms with Gasteiger partial charge < -0.3 is 20.5 Å². The summed E-state index contributed by atoms with van der Waals surface area (Å²) >= 11 is 0. The molecule has 0 radical (unpaired) electrons. The van der Waals surface area contributed by atoms with E-state index >= 15 is 0 Å². The van der Waals surface area contributed by atoms with Crippen molar-refractivity contribution in [2.24, 2.45) is 0 Å². The van der Waals surface area contributed by atoms with Crippen LogP contribution in [0.3, 0.4) is 0 Å². The first kappa shape index (κ1) is 13.8. The molecule has 2 amide bonds. The van der Waals surface area contributed by atoms with E-state index in [1.165, 1.54) is 0 Å². The van der Waals surface area contributed by atoms with Crippen LogP contribution in [0.2, 0.25) is 0 Å². The maximum Gasteiger partial charge on any atom is 0.319 e. The lowest BCUT2D eigenvalue weighted by Gasteiger charge is -2.32. The number of aliphatic hydroxyl groups is 1. The second kappa shape index (κ2) is 6.04. The Morgan fingerprint density at radius 3 is 2.58 bits per heavy atom. The van der Waals surface area contributed by atoms with Crippen LogP contribution in [0.5, 0.6) is 0 Å². The van der Waals surface area contributed by atoms with Crippen molar-refractivity contribution in [2.75, 3.05) is 25.1 Å². The minimum atomic E-state index is -0.844. The van der Waals surface area contributed by atoms with Gasteiger partial charge in [-0.25, -0.2) is 4.79 Å². The SMILES string of the molecule is Cc1ccc(NC(=O)NCC2(O)CCOCC2)cc1. The standard InChI is InChI=1S/C14H20N2O3/c1-11-2-4-12(5-3-11)16-13(17)15-10-14(18)6-8-19-9-7-14/h2-5,18H,6-10H2,1H3,(H2,15,16,17). The molecule has 0 unspecified atom stereocenters. The summed E-state index contributed by atoms with van der Waals surface area (Å²) in [5.74, 6) is 0. The highest BCUT2D eigenvalue weighted by Crippen LogP contribution is 2.19. The predicted molar refractivity (Wildman–Crippen MR) is 73.2 cm³/mol. The average molecular weight is 264 g/mol. The van der Waals surface area contributed by atoms with Crippen LogP contribution in [0.25, 0.3) is 0 Å². The number of aryl methyl sites for hydroxylation is 1. The maximum atomic E-state index is 11.7. The molecule has 1 saturated heterocycles. The fourth-order valence-electron chi connectivity index (χ4n) is 1.99. The summed E-state index contributed by atoms with van der Waals surface area (Å²) in [5, 5.41) is 15.6. The fraction of sp³-hybridized carbons (Fsp3) is 0.500. The molecule has 19 heavy (non-hydrogen) atoms. The van der Waals surface area contributed by atoms with Crippen LogP contribution in [-0.2, 0) is 4.74 Å². The van der Waals surface area contributed by atoms with Crippen LogP contribution in [-0.4, -0.2) is 36.5 Å². The molecule has 1 aliphatic heterocycles. The highest BCUT2D eigenvalue weighted by atomic mass is 16.5. The van der Waals surface area contributed by atoms with Crippen molar-refractivity contribution in [1.29, 1.82) is 0 Å². The number of amides is 2. The Balaban J connectivity index is 1.79. The zero-order valence-corrected chi connectivity index (χ0v) is 11.1. The Hall–Kier alpha value is -1.59. The second-order valence-corrected chi connectivity index (χ2v) is 5.01. The van der Waals surface area contributed by atoms with E-state index in [9.17, 15) is 9.90 Å². The molecule has 0 atom stereocenters. The number of anilines is 1. The van der Waals surface area contributed by atoms with Crippen molar-refractivity contribution in [3.63, 3.8) is 0 Å². The van der Waals surface area contributed by atoms with Gasteiger partial charge in [0, 0.05) is 38.3 Å². The van der Waals surface area contributed by atoms with Crippen LogP contribution in [0.4, 0.5) is 10.5 Å². The minimum absolute atomic E-state index is 0.244. The molecular formula is C14H20N2O3. The molecular weight excluding hydrogens is 244 g/mol. The quantitative estimate of drug-likeness (QED) is 0.777. The molecule has 1 aromatic carbocycles. The van der Waals surface area contributed by atoms with E-state index in [-0.39, 0.29) is 12.6 Å². The third-order valence-electron chi connectivity index (χ3n) is 3.31. The topological polar surface area (TPSA) is 70.6 Å². The summed E-state index contributed by atoms with van der Waals surface area (Å²) in [7, 11) is 0. The maximum absolute atomic E-state index is 11.7. The molecule has 0 spiro atoms. The summed E-state index contributed by atoms with van der Waals surface area (Å²) in [4.78, 5) is 11.7. The van der Waals surface area contributed by atoms with Gasteiger partial charge in [0.05, 0.1) is 5.60 Å². The Kier molecular flexibility index (Phi) is 4.39. The van der Waals surface area contributed by atoms with Crippen molar-refractivity contribution in [1.82, 2.24) is 5.32 Å². The van der Waals surface area contributed by atoms with Gasteiger partial charge in [-0.1, -0.05) is 17.7 Å². The molecule has 0 saturated carbocycles. The van der Waals surface area contributed by atoms with Crippen molar-refractivity contribution < 1.29 is 14.6 Å². The first-order valence-electron chi connectivity index (χ1n) is 6.49. The van der Waals surface area contributed by atoms with Gasteiger partial charge in [-0.15, -0.1) is 0 Å². The van der Waals surface area contributed by atoms with Gasteiger partial charge in [-0.3, -0.25) is 0 Å². The Labute approximate surface area is 113 Å². The third kappa shape index (κ3) is 4.22. The highest BCUT2D eigenvalue weighted by molar-refractivity contribution is 5.89. The molecule has 1 heterocycles. The van der Waals surface area contributed by atoms with E-state index < -0.39 is 5.60 Å². The van der Waals surface area contributed by atoms with Crippen LogP contribution in [0, 0.1) is 6.92 Å². The number of benzene rings is 1. The third-order valence-corrected chi connectivity index (χ3v) is 3.31. The van der Waals surface area contributed by atoms with Crippen LogP contribution in [0.1, 0.15) is 18.4 Å². The molecule has 2 rings (SSSR count). The lowest BCUT2D eigenvalue weighted by molar-refractivity contribution is -0.0598. The average Bonchev–Trinajstić information content (AvgIpc) is 2.40. The van der Waals surface area contributed by atoms with Crippen molar-refractivity contribution in [3.8, 4) is 0 Å². The van der Waals surface area contributed by atoms with Crippen LogP contribution >= 0.6 is 0 Å². The Morgan fingerprint density at radius 1 is 1.32 bits per heavy atom. The number of hydrogen-bond donors (Lipinski definition) is 3. The number of carbonyl (C=O) groups is 1. The summed E-state index contributed by atoms with van der Waals surface area (Å²) in [6, 6.07) is 7.25. The summed E-state index contributed by atoms with van der Waals surface area (Å²) < 4.78 is 5.19. The van der Waals surface area contributed by atoms with Gasteiger partial charge in [0.25, 0.3) is 0 Å². The molecule has 1 aliphatic rings. The predicted octanol–water partition coefficient (Wildman–Crippen LogP) is 1.66. The van der Waals surface area contributed by atoms with Gasteiger partial charge in [0.1, 0.15) is 0 Å². The zero-order chi connectivity index (χ0) is 13.7. The first-order chi connectivity index (χ1) is 9.07. The van der Waals surface area contributed by atoms with E-state index in [2.05, 4.69) is 10.6 Å². The van der Waals surface area contributed by atoms with Crippen molar-refractivity contribution in [2.45, 2.75) is 25.4 Å². The van der Waals surface area contributed by atoms with E-state index in [1.54, 1.807) is 0 Å². The van der Waals surface area contributed by atoms with Gasteiger partial charge in [-0.2, -0.15) is 0 Å². The number of hydrogen-bond acceptors (Lipinski definition) is 3. The van der Waals surface area contributed by atoms with Gasteiger partial charge in [0.2, 0.25) is 0 Å². The smallest absolute Gasteiger partial charge is 0.319 e. The molecule has 1 fully saturated rings. The summed E-state index contributed by atoms with van der Waals surface area (Å²) in [6.45, 7) is 3.31. The largest absolute Gasteiger partial charge is 0.388 e. The molecule has 5 nitrogen and oxygen atoms in total. The first-order valence-corrected chi connectivity index (χ1v) is 6.49. The lowest BCUT2D eigenvalue weighted by atomic mass is 9.94. The lowest BCUT2D eigenvalue weighted by Crippen LogP contribution is -2.47. The Bertz CT molecular complexity index is 425. The monoisotopic (exact) mass is 264 g/mol. The highest BCUT2D eigenvalue weighted by Gasteiger charge is 2.30. The number of rotatable bonds is 3. The van der Waals surface area contributed by atoms with Crippen LogP contribution < -0.4 is 10.6 Å². The van der Waals surface area contributed by atoms with E-state index in [1.807, 2.05) is 31.2 Å². The minimum Gasteiger partial charge on any atom is -0.388 e. The van der Waals surface area contributed by atoms with Crippen molar-refractivity contribution in [3.05, 3.63) is 29.8 Å². The molecule has 0 aromatic heterocycles.